The number of benzene rings is 1. The lowest BCUT2D eigenvalue weighted by atomic mass is 9.94. The van der Waals surface area contributed by atoms with E-state index in [1.807, 2.05) is 36.1 Å². The van der Waals surface area contributed by atoms with E-state index in [-0.39, 0.29) is 17.3 Å². The van der Waals surface area contributed by atoms with Crippen molar-refractivity contribution >= 4 is 17.7 Å². The second kappa shape index (κ2) is 9.27. The van der Waals surface area contributed by atoms with E-state index in [1.54, 1.807) is 18.0 Å². The van der Waals surface area contributed by atoms with Gasteiger partial charge in [0, 0.05) is 17.7 Å². The number of carbonyl (C=O) groups is 1. The van der Waals surface area contributed by atoms with Gasteiger partial charge in [0.15, 0.2) is 5.76 Å². The summed E-state index contributed by atoms with van der Waals surface area (Å²) in [4.78, 5) is 15.2. The standard InChI is InChI=1S/C23H25NO4S/c1-2-27-19-11-7-6-10-18(19)23-24(21(25)12-15-29-23)22(17-8-4-3-5-9-17)20-16-26-13-14-28-20/h3-4,6-8,10-11,13-14,16,22-23H,2,5,9,12,15H2,1H3. The highest BCUT2D eigenvalue weighted by atomic mass is 32.2. The van der Waals surface area contributed by atoms with Gasteiger partial charge >= 0.3 is 0 Å². The zero-order valence-electron chi connectivity index (χ0n) is 16.5. The minimum Gasteiger partial charge on any atom is -0.493 e. The van der Waals surface area contributed by atoms with E-state index < -0.39 is 0 Å². The van der Waals surface area contributed by atoms with Crippen molar-refractivity contribution in [1.29, 1.82) is 0 Å². The fraction of sp³-hybridized carbons (Fsp3) is 0.348. The molecule has 3 aliphatic rings. The van der Waals surface area contributed by atoms with Crippen LogP contribution in [-0.2, 0) is 14.3 Å². The summed E-state index contributed by atoms with van der Waals surface area (Å²) in [5.41, 5.74) is 2.16. The smallest absolute Gasteiger partial charge is 0.225 e. The van der Waals surface area contributed by atoms with Crippen LogP contribution in [0.3, 0.4) is 0 Å². The second-order valence-corrected chi connectivity index (χ2v) is 8.09. The first-order valence-corrected chi connectivity index (χ1v) is 11.0. The van der Waals surface area contributed by atoms with Gasteiger partial charge in [0.1, 0.15) is 36.0 Å². The third-order valence-corrected chi connectivity index (χ3v) is 6.32. The average molecular weight is 412 g/mol. The molecule has 0 aromatic heterocycles. The Bertz CT molecular complexity index is 873. The van der Waals surface area contributed by atoms with Gasteiger partial charge in [-0.2, -0.15) is 0 Å². The molecule has 1 aromatic carbocycles. The molecule has 1 saturated heterocycles. The molecular weight excluding hydrogens is 386 g/mol. The van der Waals surface area contributed by atoms with Gasteiger partial charge in [-0.3, -0.25) is 4.79 Å². The maximum atomic E-state index is 13.3. The lowest BCUT2D eigenvalue weighted by molar-refractivity contribution is -0.133. The molecule has 2 atom stereocenters. The first-order chi connectivity index (χ1) is 14.3. The maximum absolute atomic E-state index is 13.3. The number of carbonyl (C=O) groups excluding carboxylic acids is 1. The van der Waals surface area contributed by atoms with Crippen LogP contribution in [-0.4, -0.2) is 29.2 Å². The van der Waals surface area contributed by atoms with Crippen LogP contribution < -0.4 is 4.74 Å². The molecule has 4 rings (SSSR count). The fourth-order valence-electron chi connectivity index (χ4n) is 3.84. The summed E-state index contributed by atoms with van der Waals surface area (Å²) in [6.45, 7) is 2.55. The lowest BCUT2D eigenvalue weighted by Gasteiger charge is -2.42. The largest absolute Gasteiger partial charge is 0.493 e. The minimum atomic E-state index is -0.315. The van der Waals surface area contributed by atoms with Gasteiger partial charge in [-0.15, -0.1) is 11.8 Å². The molecule has 1 fully saturated rings. The van der Waals surface area contributed by atoms with Gasteiger partial charge in [0.05, 0.1) is 6.61 Å². The Kier molecular flexibility index (Phi) is 6.30. The molecular formula is C23H25NO4S. The van der Waals surface area contributed by atoms with Crippen molar-refractivity contribution in [2.24, 2.45) is 0 Å². The van der Waals surface area contributed by atoms with Gasteiger partial charge < -0.3 is 19.1 Å². The summed E-state index contributed by atoms with van der Waals surface area (Å²) in [5.74, 6) is 2.34. The normalized spacial score (nSPS) is 22.3. The first-order valence-electron chi connectivity index (χ1n) is 9.97. The Labute approximate surface area is 175 Å². The van der Waals surface area contributed by atoms with Crippen LogP contribution in [0.25, 0.3) is 0 Å². The number of thioether (sulfide) groups is 1. The van der Waals surface area contributed by atoms with Crippen molar-refractivity contribution < 1.29 is 19.0 Å². The summed E-state index contributed by atoms with van der Waals surface area (Å²) in [6.07, 6.45) is 13.2. The summed E-state index contributed by atoms with van der Waals surface area (Å²) in [7, 11) is 0. The van der Waals surface area contributed by atoms with E-state index in [1.165, 1.54) is 12.5 Å². The number of ether oxygens (including phenoxy) is 3. The van der Waals surface area contributed by atoms with Crippen molar-refractivity contribution in [3.8, 4) is 5.75 Å². The molecule has 1 aliphatic carbocycles. The average Bonchev–Trinajstić information content (AvgIpc) is 2.77. The van der Waals surface area contributed by atoms with Crippen molar-refractivity contribution in [2.45, 2.75) is 37.6 Å². The number of amides is 1. The maximum Gasteiger partial charge on any atom is 0.225 e. The molecule has 152 valence electrons. The summed E-state index contributed by atoms with van der Waals surface area (Å²) >= 11 is 1.76. The number of nitrogens with zero attached hydrogens (tertiary/aromatic N) is 1. The van der Waals surface area contributed by atoms with Crippen molar-refractivity contribution in [3.63, 3.8) is 0 Å². The number of hydrogen-bond acceptors (Lipinski definition) is 5. The van der Waals surface area contributed by atoms with Crippen molar-refractivity contribution in [2.75, 3.05) is 12.4 Å². The molecule has 5 nitrogen and oxygen atoms in total. The van der Waals surface area contributed by atoms with Crippen LogP contribution in [0.15, 0.2) is 72.6 Å². The molecule has 29 heavy (non-hydrogen) atoms. The highest BCUT2D eigenvalue weighted by molar-refractivity contribution is 7.99. The van der Waals surface area contributed by atoms with Gasteiger partial charge in [-0.05, 0) is 31.4 Å². The third kappa shape index (κ3) is 4.22. The highest BCUT2D eigenvalue weighted by Gasteiger charge is 2.40. The Hall–Kier alpha value is -2.60. The molecule has 0 spiro atoms. The van der Waals surface area contributed by atoms with Gasteiger partial charge in [-0.1, -0.05) is 36.4 Å². The minimum absolute atomic E-state index is 0.111. The van der Waals surface area contributed by atoms with Crippen molar-refractivity contribution in [3.05, 3.63) is 78.2 Å². The third-order valence-electron chi connectivity index (χ3n) is 5.08. The van der Waals surface area contributed by atoms with Gasteiger partial charge in [0.25, 0.3) is 0 Å². The first kappa shape index (κ1) is 19.7. The molecule has 0 bridgehead atoms. The monoisotopic (exact) mass is 411 g/mol. The van der Waals surface area contributed by atoms with Gasteiger partial charge in [-0.25, -0.2) is 0 Å². The van der Waals surface area contributed by atoms with Crippen LogP contribution in [0.1, 0.15) is 37.1 Å². The summed E-state index contributed by atoms with van der Waals surface area (Å²) in [6, 6.07) is 7.66. The predicted octanol–water partition coefficient (Wildman–Crippen LogP) is 5.05. The molecule has 0 radical (unpaired) electrons. The van der Waals surface area contributed by atoms with E-state index in [4.69, 9.17) is 14.2 Å². The van der Waals surface area contributed by atoms with Crippen LogP contribution >= 0.6 is 11.8 Å². The molecule has 6 heteroatoms. The zero-order valence-corrected chi connectivity index (χ0v) is 17.3. The number of allylic oxidation sites excluding steroid dienone is 3. The lowest BCUT2D eigenvalue weighted by Crippen LogP contribution is -2.47. The molecule has 1 amide bonds. The Morgan fingerprint density at radius 1 is 1.28 bits per heavy atom. The van der Waals surface area contributed by atoms with E-state index in [0.29, 0.717) is 18.8 Å². The zero-order chi connectivity index (χ0) is 20.1. The fourth-order valence-corrected chi connectivity index (χ4v) is 5.13. The van der Waals surface area contributed by atoms with E-state index in [9.17, 15) is 4.79 Å². The number of hydrogen-bond donors (Lipinski definition) is 0. The molecule has 1 aromatic rings. The van der Waals surface area contributed by atoms with E-state index in [0.717, 1.165) is 35.5 Å². The quantitative estimate of drug-likeness (QED) is 0.655. The van der Waals surface area contributed by atoms with Gasteiger partial charge in [0.2, 0.25) is 5.91 Å². The van der Waals surface area contributed by atoms with Crippen molar-refractivity contribution in [1.82, 2.24) is 4.90 Å². The molecule has 0 saturated carbocycles. The Morgan fingerprint density at radius 2 is 2.17 bits per heavy atom. The number of rotatable bonds is 6. The molecule has 2 heterocycles. The highest BCUT2D eigenvalue weighted by Crippen LogP contribution is 2.45. The topological polar surface area (TPSA) is 48.0 Å². The SMILES string of the molecule is CCOc1ccccc1C1SCCC(=O)N1C(C1=CC=CCC1)C1=COC=CO1. The molecule has 0 N–H and O–H groups in total. The van der Waals surface area contributed by atoms with Crippen LogP contribution in [0.2, 0.25) is 0 Å². The molecule has 2 unspecified atom stereocenters. The van der Waals surface area contributed by atoms with E-state index >= 15 is 0 Å². The Morgan fingerprint density at radius 3 is 2.93 bits per heavy atom. The summed E-state index contributed by atoms with van der Waals surface area (Å²) in [5, 5.41) is -0.161. The van der Waals surface area contributed by atoms with Crippen LogP contribution in [0.5, 0.6) is 5.75 Å². The van der Waals surface area contributed by atoms with Crippen LogP contribution in [0, 0.1) is 0 Å². The second-order valence-electron chi connectivity index (χ2n) is 6.90. The molecule has 2 aliphatic heterocycles. The van der Waals surface area contributed by atoms with Crippen LogP contribution in [0.4, 0.5) is 0 Å². The van der Waals surface area contributed by atoms with E-state index in [2.05, 4.69) is 18.2 Å². The predicted molar refractivity (Wildman–Crippen MR) is 114 cm³/mol. The Balaban J connectivity index is 1.78. The number of para-hydroxylation sites is 1. The summed E-state index contributed by atoms with van der Waals surface area (Å²) < 4.78 is 17.1.